The third-order valence-corrected chi connectivity index (χ3v) is 3.84. The number of aromatic nitrogens is 2. The van der Waals surface area contributed by atoms with E-state index in [1.54, 1.807) is 11.3 Å². The minimum Gasteiger partial charge on any atom is -0.365 e. The van der Waals surface area contributed by atoms with Crippen molar-refractivity contribution in [3.8, 4) is 0 Å². The van der Waals surface area contributed by atoms with Gasteiger partial charge >= 0.3 is 0 Å². The van der Waals surface area contributed by atoms with E-state index >= 15 is 0 Å². The third kappa shape index (κ3) is 2.97. The van der Waals surface area contributed by atoms with Gasteiger partial charge in [-0.25, -0.2) is 9.97 Å². The van der Waals surface area contributed by atoms with Crippen LogP contribution in [0.5, 0.6) is 0 Å². The molecule has 0 fully saturated rings. The van der Waals surface area contributed by atoms with Crippen molar-refractivity contribution in [3.63, 3.8) is 0 Å². The molecule has 0 saturated carbocycles. The molecule has 17 heavy (non-hydrogen) atoms. The van der Waals surface area contributed by atoms with Crippen molar-refractivity contribution < 1.29 is 0 Å². The zero-order chi connectivity index (χ0) is 12.4. The Labute approximate surface area is 117 Å². The molecule has 3 nitrogen and oxygen atoms in total. The number of rotatable bonds is 4. The van der Waals surface area contributed by atoms with Crippen LogP contribution in [0.4, 0.5) is 5.82 Å². The van der Waals surface area contributed by atoms with Crippen molar-refractivity contribution in [2.24, 2.45) is 0 Å². The van der Waals surface area contributed by atoms with E-state index < -0.39 is 0 Å². The Morgan fingerprint density at radius 2 is 2.35 bits per heavy atom. The maximum absolute atomic E-state index is 5.90. The number of anilines is 1. The van der Waals surface area contributed by atoms with E-state index in [4.69, 9.17) is 11.6 Å². The standard InChI is InChI=1S/C11H11BrClN3S/c1-3-7-4-8-9(14-5-6(2)12)15-11(13)16-10(8)17-7/h4H,2-3,5H2,1H3,(H,14,15,16). The van der Waals surface area contributed by atoms with Crippen LogP contribution < -0.4 is 5.32 Å². The summed E-state index contributed by atoms with van der Waals surface area (Å²) in [5.74, 6) is 0.761. The van der Waals surface area contributed by atoms with E-state index in [-0.39, 0.29) is 5.28 Å². The molecule has 6 heteroatoms. The maximum Gasteiger partial charge on any atom is 0.225 e. The number of thiophene rings is 1. The predicted octanol–water partition coefficient (Wildman–Crippen LogP) is 4.23. The number of aryl methyl sites for hydroxylation is 1. The largest absolute Gasteiger partial charge is 0.365 e. The number of hydrogen-bond acceptors (Lipinski definition) is 4. The van der Waals surface area contributed by atoms with Crippen LogP contribution in [0.2, 0.25) is 5.28 Å². The van der Waals surface area contributed by atoms with Gasteiger partial charge in [-0.2, -0.15) is 0 Å². The summed E-state index contributed by atoms with van der Waals surface area (Å²) in [6.07, 6.45) is 0.989. The van der Waals surface area contributed by atoms with Gasteiger partial charge < -0.3 is 5.32 Å². The van der Waals surface area contributed by atoms with Gasteiger partial charge in [-0.3, -0.25) is 0 Å². The molecular weight excluding hydrogens is 322 g/mol. The Kier molecular flexibility index (Phi) is 4.01. The van der Waals surface area contributed by atoms with Gasteiger partial charge in [-0.05, 0) is 24.1 Å². The first kappa shape index (κ1) is 12.8. The zero-order valence-electron chi connectivity index (χ0n) is 9.26. The van der Waals surface area contributed by atoms with Crippen LogP contribution in [0.15, 0.2) is 17.1 Å². The number of hydrogen-bond donors (Lipinski definition) is 1. The predicted molar refractivity (Wildman–Crippen MR) is 78.4 cm³/mol. The molecule has 90 valence electrons. The van der Waals surface area contributed by atoms with Gasteiger partial charge in [0, 0.05) is 15.9 Å². The number of nitrogens with zero attached hydrogens (tertiary/aromatic N) is 2. The SMILES string of the molecule is C=C(Br)CNc1nc(Cl)nc2sc(CC)cc12. The van der Waals surface area contributed by atoms with Crippen LogP contribution in [0, 0.1) is 0 Å². The van der Waals surface area contributed by atoms with Crippen LogP contribution >= 0.6 is 38.9 Å². The lowest BCUT2D eigenvalue weighted by atomic mass is 10.3. The molecule has 0 aromatic carbocycles. The normalized spacial score (nSPS) is 10.8. The molecule has 0 radical (unpaired) electrons. The fourth-order valence-electron chi connectivity index (χ4n) is 1.43. The molecule has 2 heterocycles. The van der Waals surface area contributed by atoms with Crippen molar-refractivity contribution in [3.05, 3.63) is 27.3 Å². The van der Waals surface area contributed by atoms with E-state index in [0.717, 1.165) is 26.9 Å². The number of halogens is 2. The fraction of sp³-hybridized carbons (Fsp3) is 0.273. The number of fused-ring (bicyclic) bond motifs is 1. The first-order valence-electron chi connectivity index (χ1n) is 5.13. The minimum absolute atomic E-state index is 0.268. The zero-order valence-corrected chi connectivity index (χ0v) is 12.4. The van der Waals surface area contributed by atoms with Crippen molar-refractivity contribution in [2.45, 2.75) is 13.3 Å². The summed E-state index contributed by atoms with van der Waals surface area (Å²) >= 11 is 10.9. The quantitative estimate of drug-likeness (QED) is 0.852. The summed E-state index contributed by atoms with van der Waals surface area (Å²) < 4.78 is 0.867. The van der Waals surface area contributed by atoms with Crippen molar-refractivity contribution in [1.29, 1.82) is 0 Å². The smallest absolute Gasteiger partial charge is 0.225 e. The van der Waals surface area contributed by atoms with Crippen LogP contribution in [0.1, 0.15) is 11.8 Å². The summed E-state index contributed by atoms with van der Waals surface area (Å²) in [6, 6.07) is 2.11. The molecule has 1 N–H and O–H groups in total. The molecule has 0 aliphatic rings. The van der Waals surface area contributed by atoms with Gasteiger partial charge in [-0.15, -0.1) is 11.3 Å². The van der Waals surface area contributed by atoms with E-state index in [0.29, 0.717) is 6.54 Å². The Morgan fingerprint density at radius 1 is 1.59 bits per heavy atom. The molecular formula is C11H11BrClN3S. The Balaban J connectivity index is 2.44. The van der Waals surface area contributed by atoms with Gasteiger partial charge in [0.2, 0.25) is 5.28 Å². The van der Waals surface area contributed by atoms with Gasteiger partial charge in [-0.1, -0.05) is 29.4 Å². The second-order valence-electron chi connectivity index (χ2n) is 3.50. The molecule has 0 atom stereocenters. The van der Waals surface area contributed by atoms with E-state index in [1.807, 2.05) is 0 Å². The molecule has 0 unspecified atom stereocenters. The highest BCUT2D eigenvalue weighted by molar-refractivity contribution is 9.11. The molecule has 2 rings (SSSR count). The first-order valence-corrected chi connectivity index (χ1v) is 7.12. The van der Waals surface area contributed by atoms with Gasteiger partial charge in [0.25, 0.3) is 0 Å². The monoisotopic (exact) mass is 331 g/mol. The van der Waals surface area contributed by atoms with Crippen LogP contribution in [-0.4, -0.2) is 16.5 Å². The van der Waals surface area contributed by atoms with Crippen molar-refractivity contribution >= 4 is 54.9 Å². The second kappa shape index (κ2) is 5.33. The lowest BCUT2D eigenvalue weighted by Gasteiger charge is -2.05. The van der Waals surface area contributed by atoms with E-state index in [2.05, 4.69) is 50.8 Å². The summed E-state index contributed by atoms with van der Waals surface area (Å²) in [5.41, 5.74) is 0. The topological polar surface area (TPSA) is 37.8 Å². The summed E-state index contributed by atoms with van der Waals surface area (Å²) in [6.45, 7) is 6.50. The summed E-state index contributed by atoms with van der Waals surface area (Å²) in [5, 5.41) is 4.48. The maximum atomic E-state index is 5.90. The molecule has 0 aliphatic heterocycles. The highest BCUT2D eigenvalue weighted by atomic mass is 79.9. The summed E-state index contributed by atoms with van der Waals surface area (Å²) in [4.78, 5) is 10.6. The van der Waals surface area contributed by atoms with Crippen molar-refractivity contribution in [1.82, 2.24) is 9.97 Å². The van der Waals surface area contributed by atoms with Crippen LogP contribution in [0.25, 0.3) is 10.2 Å². The van der Waals surface area contributed by atoms with Gasteiger partial charge in [0.15, 0.2) is 0 Å². The second-order valence-corrected chi connectivity index (χ2v) is 6.07. The molecule has 0 saturated heterocycles. The van der Waals surface area contributed by atoms with Crippen molar-refractivity contribution in [2.75, 3.05) is 11.9 Å². The average Bonchev–Trinajstić information content (AvgIpc) is 2.68. The van der Waals surface area contributed by atoms with Gasteiger partial charge in [0.05, 0.1) is 5.39 Å². The third-order valence-electron chi connectivity index (χ3n) is 2.21. The molecule has 0 spiro atoms. The molecule has 2 aromatic heterocycles. The molecule has 0 bridgehead atoms. The lowest BCUT2D eigenvalue weighted by molar-refractivity contribution is 1.18. The Bertz CT molecular complexity index is 567. The average molecular weight is 333 g/mol. The van der Waals surface area contributed by atoms with E-state index in [9.17, 15) is 0 Å². The van der Waals surface area contributed by atoms with Crippen LogP contribution in [0.3, 0.4) is 0 Å². The highest BCUT2D eigenvalue weighted by Gasteiger charge is 2.10. The van der Waals surface area contributed by atoms with Crippen LogP contribution in [-0.2, 0) is 6.42 Å². The van der Waals surface area contributed by atoms with Gasteiger partial charge in [0.1, 0.15) is 10.6 Å². The molecule has 0 aliphatic carbocycles. The Hall–Kier alpha value is -0.650. The first-order chi connectivity index (χ1) is 8.10. The van der Waals surface area contributed by atoms with E-state index in [1.165, 1.54) is 4.88 Å². The Morgan fingerprint density at radius 3 is 3.00 bits per heavy atom. The summed E-state index contributed by atoms with van der Waals surface area (Å²) in [7, 11) is 0. The highest BCUT2D eigenvalue weighted by Crippen LogP contribution is 2.30. The molecule has 2 aromatic rings. The fourth-order valence-corrected chi connectivity index (χ4v) is 2.76. The number of nitrogens with one attached hydrogen (secondary N) is 1. The molecule has 0 amide bonds. The minimum atomic E-state index is 0.268. The lowest BCUT2D eigenvalue weighted by Crippen LogP contribution is -2.03.